The fraction of sp³-hybridized carbons (Fsp3) is 0.250. The Morgan fingerprint density at radius 2 is 1.84 bits per heavy atom. The number of halogens is 1. The van der Waals surface area contributed by atoms with Crippen LogP contribution in [0, 0.1) is 11.8 Å². The largest absolute Gasteiger partial charge is 0.494 e. The van der Waals surface area contributed by atoms with Gasteiger partial charge in [0.1, 0.15) is 18.1 Å². The van der Waals surface area contributed by atoms with Crippen LogP contribution in [0.15, 0.2) is 48.5 Å². The first kappa shape index (κ1) is 18.7. The molecule has 2 aromatic carbocycles. The van der Waals surface area contributed by atoms with Gasteiger partial charge in [0.15, 0.2) is 0 Å². The Morgan fingerprint density at radius 1 is 1.08 bits per heavy atom. The van der Waals surface area contributed by atoms with Crippen molar-refractivity contribution in [1.82, 2.24) is 5.32 Å². The molecule has 0 unspecified atom stereocenters. The first-order chi connectivity index (χ1) is 12.2. The van der Waals surface area contributed by atoms with E-state index in [1.165, 1.54) is 0 Å². The van der Waals surface area contributed by atoms with Crippen LogP contribution < -0.4 is 14.8 Å². The second-order valence-electron chi connectivity index (χ2n) is 5.10. The number of rotatable bonds is 7. The average molecular weight is 358 g/mol. The summed E-state index contributed by atoms with van der Waals surface area (Å²) in [5.41, 5.74) is 0.927. The molecule has 25 heavy (non-hydrogen) atoms. The van der Waals surface area contributed by atoms with Gasteiger partial charge in [0.25, 0.3) is 0 Å². The van der Waals surface area contributed by atoms with E-state index in [1.807, 2.05) is 43.3 Å². The summed E-state index contributed by atoms with van der Waals surface area (Å²) in [6, 6.07) is 14.7. The molecule has 1 amide bonds. The number of amides is 1. The van der Waals surface area contributed by atoms with Gasteiger partial charge < -0.3 is 14.8 Å². The maximum absolute atomic E-state index is 11.9. The summed E-state index contributed by atoms with van der Waals surface area (Å²) in [5.74, 6) is 7.01. The number of carbonyl (C=O) groups excluding carboxylic acids is 1. The highest BCUT2D eigenvalue weighted by molar-refractivity contribution is 6.32. The molecular formula is C20H20ClNO3. The summed E-state index contributed by atoms with van der Waals surface area (Å²) in [5, 5.41) is 3.30. The molecule has 0 fully saturated rings. The molecule has 2 rings (SSSR count). The van der Waals surface area contributed by atoms with Crippen molar-refractivity contribution in [2.24, 2.45) is 0 Å². The minimum Gasteiger partial charge on any atom is -0.494 e. The summed E-state index contributed by atoms with van der Waals surface area (Å²) < 4.78 is 10.8. The van der Waals surface area contributed by atoms with Crippen LogP contribution in [-0.4, -0.2) is 25.7 Å². The van der Waals surface area contributed by atoms with Crippen molar-refractivity contribution >= 4 is 17.5 Å². The third-order valence-electron chi connectivity index (χ3n) is 3.23. The summed E-state index contributed by atoms with van der Waals surface area (Å²) in [6.07, 6.45) is 0.310. The van der Waals surface area contributed by atoms with Crippen LogP contribution in [0.4, 0.5) is 0 Å². The molecule has 4 nitrogen and oxygen atoms in total. The highest BCUT2D eigenvalue weighted by Gasteiger charge is 2.02. The topological polar surface area (TPSA) is 47.6 Å². The third kappa shape index (κ3) is 6.78. The lowest BCUT2D eigenvalue weighted by Crippen LogP contribution is -2.25. The molecule has 0 saturated carbocycles. The maximum atomic E-state index is 11.9. The molecule has 130 valence electrons. The van der Waals surface area contributed by atoms with Crippen LogP contribution in [0.5, 0.6) is 11.5 Å². The first-order valence-electron chi connectivity index (χ1n) is 8.00. The zero-order chi connectivity index (χ0) is 17.9. The van der Waals surface area contributed by atoms with Crippen molar-refractivity contribution in [2.75, 3.05) is 19.8 Å². The highest BCUT2D eigenvalue weighted by atomic mass is 35.5. The lowest BCUT2D eigenvalue weighted by Gasteiger charge is -2.05. The van der Waals surface area contributed by atoms with Crippen molar-refractivity contribution < 1.29 is 14.3 Å². The fourth-order valence-corrected chi connectivity index (χ4v) is 2.24. The van der Waals surface area contributed by atoms with Gasteiger partial charge in [0.2, 0.25) is 5.91 Å². The molecule has 5 heteroatoms. The number of ether oxygens (including phenoxy) is 2. The minimum absolute atomic E-state index is 0.0783. The molecule has 0 bridgehead atoms. The van der Waals surface area contributed by atoms with Crippen molar-refractivity contribution in [2.45, 2.75) is 13.3 Å². The minimum atomic E-state index is -0.0783. The van der Waals surface area contributed by atoms with Gasteiger partial charge in [0.05, 0.1) is 24.6 Å². The number of nitrogens with one attached hydrogen (secondary N) is 1. The predicted octanol–water partition coefficient (Wildman–Crippen LogP) is 3.48. The summed E-state index contributed by atoms with van der Waals surface area (Å²) >= 11 is 5.97. The lowest BCUT2D eigenvalue weighted by molar-refractivity contribution is -0.120. The number of para-hydroxylation sites is 1. The number of hydrogen-bond donors (Lipinski definition) is 1. The molecule has 0 spiro atoms. The fourth-order valence-electron chi connectivity index (χ4n) is 2.05. The van der Waals surface area contributed by atoms with Crippen LogP contribution >= 0.6 is 11.6 Å². The Hall–Kier alpha value is -2.64. The molecule has 0 saturated heterocycles. The van der Waals surface area contributed by atoms with E-state index in [0.717, 1.165) is 11.3 Å². The second kappa shape index (κ2) is 10.3. The number of benzene rings is 2. The van der Waals surface area contributed by atoms with Gasteiger partial charge in [-0.05, 0) is 36.8 Å². The SMILES string of the molecule is CCOc1ccc(CC(=O)NCC#CCOc2ccccc2Cl)cc1. The zero-order valence-corrected chi connectivity index (χ0v) is 14.8. The van der Waals surface area contributed by atoms with E-state index in [-0.39, 0.29) is 19.1 Å². The Balaban J connectivity index is 1.68. The second-order valence-corrected chi connectivity index (χ2v) is 5.51. The predicted molar refractivity (Wildman–Crippen MR) is 99.0 cm³/mol. The molecule has 1 N–H and O–H groups in total. The van der Waals surface area contributed by atoms with Gasteiger partial charge in [-0.3, -0.25) is 4.79 Å². The number of carbonyl (C=O) groups is 1. The maximum Gasteiger partial charge on any atom is 0.225 e. The van der Waals surface area contributed by atoms with Crippen molar-refractivity contribution in [1.29, 1.82) is 0 Å². The smallest absolute Gasteiger partial charge is 0.225 e. The van der Waals surface area contributed by atoms with Crippen molar-refractivity contribution in [3.05, 3.63) is 59.1 Å². The molecule has 0 aliphatic carbocycles. The van der Waals surface area contributed by atoms with Crippen molar-refractivity contribution in [3.8, 4) is 23.3 Å². The lowest BCUT2D eigenvalue weighted by atomic mass is 10.1. The molecule has 0 heterocycles. The third-order valence-corrected chi connectivity index (χ3v) is 3.55. The average Bonchev–Trinajstić information content (AvgIpc) is 2.61. The van der Waals surface area contributed by atoms with Gasteiger partial charge in [-0.25, -0.2) is 0 Å². The normalized spacial score (nSPS) is 9.68. The quantitative estimate of drug-likeness (QED) is 0.772. The van der Waals surface area contributed by atoms with Crippen LogP contribution in [-0.2, 0) is 11.2 Å². The van der Waals surface area contributed by atoms with Crippen LogP contribution in [0.3, 0.4) is 0 Å². The molecular weight excluding hydrogens is 338 g/mol. The molecule has 0 atom stereocenters. The van der Waals surface area contributed by atoms with Crippen LogP contribution in [0.1, 0.15) is 12.5 Å². The van der Waals surface area contributed by atoms with Gasteiger partial charge in [-0.15, -0.1) is 0 Å². The van der Waals surface area contributed by atoms with Crippen LogP contribution in [0.2, 0.25) is 5.02 Å². The molecule has 0 aromatic heterocycles. The molecule has 0 aliphatic rings. The van der Waals surface area contributed by atoms with Gasteiger partial charge >= 0.3 is 0 Å². The van der Waals surface area contributed by atoms with Crippen LogP contribution in [0.25, 0.3) is 0 Å². The van der Waals surface area contributed by atoms with Gasteiger partial charge in [0, 0.05) is 0 Å². The van der Waals surface area contributed by atoms with Gasteiger partial charge in [-0.1, -0.05) is 47.7 Å². The molecule has 2 aromatic rings. The van der Waals surface area contributed by atoms with E-state index < -0.39 is 0 Å². The zero-order valence-electron chi connectivity index (χ0n) is 14.0. The van der Waals surface area contributed by atoms with E-state index >= 15 is 0 Å². The Bertz CT molecular complexity index is 748. The van der Waals surface area contributed by atoms with Gasteiger partial charge in [-0.2, -0.15) is 0 Å². The highest BCUT2D eigenvalue weighted by Crippen LogP contribution is 2.22. The summed E-state index contributed by atoms with van der Waals surface area (Å²) in [7, 11) is 0. The summed E-state index contributed by atoms with van der Waals surface area (Å²) in [6.45, 7) is 3.06. The molecule has 0 radical (unpaired) electrons. The summed E-state index contributed by atoms with van der Waals surface area (Å²) in [4.78, 5) is 11.9. The van der Waals surface area contributed by atoms with Crippen molar-refractivity contribution in [3.63, 3.8) is 0 Å². The Kier molecular flexibility index (Phi) is 7.68. The standard InChI is InChI=1S/C20H20ClNO3/c1-2-24-17-11-9-16(10-12-17)15-20(23)22-13-5-6-14-25-19-8-4-3-7-18(19)21/h3-4,7-12H,2,13-15H2,1H3,(H,22,23). The van der Waals surface area contributed by atoms with E-state index in [0.29, 0.717) is 23.8 Å². The Morgan fingerprint density at radius 3 is 2.56 bits per heavy atom. The van der Waals surface area contributed by atoms with E-state index in [2.05, 4.69) is 17.2 Å². The number of hydrogen-bond acceptors (Lipinski definition) is 3. The van der Waals surface area contributed by atoms with E-state index in [4.69, 9.17) is 21.1 Å². The Labute approximate surface area is 153 Å². The first-order valence-corrected chi connectivity index (χ1v) is 8.38. The monoisotopic (exact) mass is 357 g/mol. The molecule has 0 aliphatic heterocycles. The van der Waals surface area contributed by atoms with E-state index in [9.17, 15) is 4.79 Å². The van der Waals surface area contributed by atoms with E-state index in [1.54, 1.807) is 12.1 Å².